The zero-order valence-corrected chi connectivity index (χ0v) is 13.8. The number of hydrogen-bond acceptors (Lipinski definition) is 5. The molecule has 1 aliphatic rings. The number of rotatable bonds is 3. The number of carbonyl (C=O) groups is 1. The van der Waals surface area contributed by atoms with E-state index >= 15 is 0 Å². The van der Waals surface area contributed by atoms with Gasteiger partial charge < -0.3 is 19.7 Å². The van der Waals surface area contributed by atoms with Crippen LogP contribution in [0.2, 0.25) is 0 Å². The third-order valence-corrected chi connectivity index (χ3v) is 4.89. The summed E-state index contributed by atoms with van der Waals surface area (Å²) < 4.78 is -0.672. The molecule has 1 amide bonds. The van der Waals surface area contributed by atoms with E-state index in [0.717, 1.165) is 6.42 Å². The lowest BCUT2D eigenvalue weighted by Crippen LogP contribution is -2.60. The molecule has 3 heterocycles. The van der Waals surface area contributed by atoms with E-state index in [-0.39, 0.29) is 24.3 Å². The highest BCUT2D eigenvalue weighted by Crippen LogP contribution is 2.34. The lowest BCUT2D eigenvalue weighted by atomic mass is 9.91. The largest absolute Gasteiger partial charge is 0.626 e. The van der Waals surface area contributed by atoms with Crippen LogP contribution in [0.15, 0.2) is 18.6 Å². The summed E-state index contributed by atoms with van der Waals surface area (Å²) >= 11 is 0. The van der Waals surface area contributed by atoms with E-state index < -0.39 is 4.65 Å². The molecule has 24 heavy (non-hydrogen) atoms. The van der Waals surface area contributed by atoms with Gasteiger partial charge in [-0.15, -0.1) is 0 Å². The molecule has 0 spiro atoms. The first kappa shape index (κ1) is 16.4. The van der Waals surface area contributed by atoms with Crippen molar-refractivity contribution < 1.29 is 4.79 Å². The molecule has 8 nitrogen and oxygen atoms in total. The zero-order valence-electron chi connectivity index (χ0n) is 13.8. The number of amides is 1. The van der Waals surface area contributed by atoms with Crippen LogP contribution in [-0.4, -0.2) is 51.9 Å². The van der Waals surface area contributed by atoms with E-state index in [0.29, 0.717) is 29.9 Å². The average molecular weight is 328 g/mol. The maximum absolute atomic E-state index is 13.5. The summed E-state index contributed by atoms with van der Waals surface area (Å²) in [4.78, 5) is 25.0. The number of carbonyl (C=O) groups excluding carboxylic acids is 1. The van der Waals surface area contributed by atoms with Crippen LogP contribution in [0.1, 0.15) is 19.8 Å². The monoisotopic (exact) mass is 328 g/mol. The van der Waals surface area contributed by atoms with Crippen molar-refractivity contribution in [3.05, 3.63) is 23.8 Å². The van der Waals surface area contributed by atoms with Crippen molar-refractivity contribution in [1.82, 2.24) is 24.5 Å². The van der Waals surface area contributed by atoms with Gasteiger partial charge >= 0.3 is 0 Å². The van der Waals surface area contributed by atoms with Crippen LogP contribution in [0.3, 0.4) is 0 Å². The van der Waals surface area contributed by atoms with Crippen LogP contribution in [0.25, 0.3) is 11.0 Å². The van der Waals surface area contributed by atoms with Gasteiger partial charge in [-0.1, -0.05) is 6.92 Å². The molecule has 8 heteroatoms. The van der Waals surface area contributed by atoms with Crippen LogP contribution in [0, 0.1) is 22.5 Å². The van der Waals surface area contributed by atoms with Gasteiger partial charge in [0.15, 0.2) is 0 Å². The Morgan fingerprint density at radius 1 is 1.58 bits per heavy atom. The van der Waals surface area contributed by atoms with Gasteiger partial charge in [0.05, 0.1) is 19.7 Å². The van der Waals surface area contributed by atoms with Gasteiger partial charge in [0.25, 0.3) is 0 Å². The lowest BCUT2D eigenvalue weighted by molar-refractivity contribution is -0.132. The zero-order chi connectivity index (χ0) is 17.3. The lowest BCUT2D eigenvalue weighted by Gasteiger charge is -2.50. The van der Waals surface area contributed by atoms with Crippen molar-refractivity contribution in [2.24, 2.45) is 5.92 Å². The molecule has 2 aromatic rings. The number of nitrogens with zero attached hydrogens (tertiary/aromatic N) is 5. The number of likely N-dealkylation sites (N-methyl/N-ethyl adjacent to an activating group) is 1. The first-order valence-electron chi connectivity index (χ1n) is 7.95. The summed E-state index contributed by atoms with van der Waals surface area (Å²) in [6.45, 7) is 2.94. The van der Waals surface area contributed by atoms with Crippen LogP contribution >= 0.6 is 0 Å². The second-order valence-corrected chi connectivity index (χ2v) is 6.44. The Hall–Kier alpha value is -2.50. The fourth-order valence-electron chi connectivity index (χ4n) is 3.47. The summed E-state index contributed by atoms with van der Waals surface area (Å²) in [6.07, 6.45) is 3.70. The maximum atomic E-state index is 13.5. The molecular formula is C16H20N6O2. The topological polar surface area (TPSA) is 109 Å². The Kier molecular flexibility index (Phi) is 4.22. The van der Waals surface area contributed by atoms with Gasteiger partial charge in [0.2, 0.25) is 11.7 Å². The molecule has 0 aromatic carbocycles. The molecule has 0 bridgehead atoms. The van der Waals surface area contributed by atoms with Gasteiger partial charge in [-0.3, -0.25) is 4.79 Å². The predicted octanol–water partition coefficient (Wildman–Crippen LogP) is 1.54. The van der Waals surface area contributed by atoms with Crippen molar-refractivity contribution in [2.45, 2.75) is 25.8 Å². The normalized spacial score (nSPS) is 23.7. The van der Waals surface area contributed by atoms with Crippen LogP contribution in [-0.2, 0) is 4.79 Å². The first-order chi connectivity index (χ1) is 11.4. The van der Waals surface area contributed by atoms with Crippen molar-refractivity contribution in [1.29, 1.82) is 5.26 Å². The Labute approximate surface area is 139 Å². The maximum Gasteiger partial charge on any atom is 0.240 e. The Bertz CT molecular complexity index is 793. The molecule has 3 rings (SSSR count). The molecule has 0 radical (unpaired) electrons. The second kappa shape index (κ2) is 6.19. The summed E-state index contributed by atoms with van der Waals surface area (Å²) in [6, 6.07) is 3.34. The number of nitriles is 1. The molecule has 1 saturated heterocycles. The highest BCUT2D eigenvalue weighted by Gasteiger charge is 2.40. The van der Waals surface area contributed by atoms with Gasteiger partial charge in [-0.25, -0.2) is 4.98 Å². The number of likely N-dealkylation sites (tertiary alicyclic amines) is 1. The minimum Gasteiger partial charge on any atom is -0.626 e. The van der Waals surface area contributed by atoms with E-state index in [2.05, 4.69) is 15.0 Å². The number of H-pyrrole nitrogens is 1. The van der Waals surface area contributed by atoms with E-state index in [9.17, 15) is 10.0 Å². The highest BCUT2D eigenvalue weighted by molar-refractivity contribution is 5.86. The molecule has 2 aromatic heterocycles. The quantitative estimate of drug-likeness (QED) is 0.679. The standard InChI is InChI=1S/C16H20N6O2/c1-11-5-8-21(14(23)3-6-17)9-13(11)22(2,24)16-12-4-7-18-15(12)19-10-20-16/h4,7,10-11,13H,3,5,8-9H2,1-2H3,(H,18,19,20). The fraction of sp³-hybridized carbons (Fsp3) is 0.500. The van der Waals surface area contributed by atoms with Gasteiger partial charge in [0.1, 0.15) is 29.8 Å². The van der Waals surface area contributed by atoms with Crippen molar-refractivity contribution in [2.75, 3.05) is 20.1 Å². The summed E-state index contributed by atoms with van der Waals surface area (Å²) in [5.41, 5.74) is 0.626. The summed E-state index contributed by atoms with van der Waals surface area (Å²) in [7, 11) is 1.58. The molecule has 1 fully saturated rings. The van der Waals surface area contributed by atoms with Crippen LogP contribution < -0.4 is 4.65 Å². The van der Waals surface area contributed by atoms with Gasteiger partial charge in [0, 0.05) is 18.7 Å². The van der Waals surface area contributed by atoms with Crippen LogP contribution in [0.4, 0.5) is 5.82 Å². The fourth-order valence-corrected chi connectivity index (χ4v) is 3.47. The molecule has 0 saturated carbocycles. The van der Waals surface area contributed by atoms with E-state index in [1.807, 2.05) is 13.0 Å². The molecule has 3 unspecified atom stereocenters. The number of nitrogens with one attached hydrogen (secondary N) is 1. The third kappa shape index (κ3) is 2.72. The summed E-state index contributed by atoms with van der Waals surface area (Å²) in [5.74, 6) is 0.319. The Balaban J connectivity index is 1.94. The molecule has 3 atom stereocenters. The van der Waals surface area contributed by atoms with E-state index in [1.54, 1.807) is 24.2 Å². The van der Waals surface area contributed by atoms with Crippen molar-refractivity contribution in [3.63, 3.8) is 0 Å². The first-order valence-corrected chi connectivity index (χ1v) is 7.95. The van der Waals surface area contributed by atoms with Crippen molar-refractivity contribution in [3.8, 4) is 6.07 Å². The number of piperidine rings is 1. The third-order valence-electron chi connectivity index (χ3n) is 4.89. The Morgan fingerprint density at radius 3 is 3.12 bits per heavy atom. The minimum atomic E-state index is -0.672. The predicted molar refractivity (Wildman–Crippen MR) is 89.4 cm³/mol. The minimum absolute atomic E-state index is 0.141. The number of aromatic amines is 1. The number of hydroxylamine groups is 2. The molecule has 1 N–H and O–H groups in total. The second-order valence-electron chi connectivity index (χ2n) is 6.44. The van der Waals surface area contributed by atoms with E-state index in [4.69, 9.17) is 5.26 Å². The number of fused-ring (bicyclic) bond motifs is 1. The SMILES string of the molecule is CC1CCN(C(=O)CC#N)CC1[N+](C)([O-])c1ncnc2[nH]ccc12. The van der Waals surface area contributed by atoms with Gasteiger partial charge in [-0.05, 0) is 12.5 Å². The molecule has 0 aliphatic carbocycles. The summed E-state index contributed by atoms with van der Waals surface area (Å²) in [5, 5.41) is 23.0. The van der Waals surface area contributed by atoms with Crippen LogP contribution in [0.5, 0.6) is 0 Å². The number of quaternary nitrogens is 1. The average Bonchev–Trinajstić information content (AvgIpc) is 3.03. The highest BCUT2D eigenvalue weighted by atomic mass is 16.5. The molecule has 126 valence electrons. The van der Waals surface area contributed by atoms with E-state index in [1.165, 1.54) is 6.33 Å². The molecule has 1 aliphatic heterocycles. The van der Waals surface area contributed by atoms with Gasteiger partial charge in [-0.2, -0.15) is 10.2 Å². The number of hydrogen-bond donors (Lipinski definition) is 1. The number of aromatic nitrogens is 3. The Morgan fingerprint density at radius 2 is 2.38 bits per heavy atom. The van der Waals surface area contributed by atoms with Crippen molar-refractivity contribution >= 4 is 22.8 Å². The molecular weight excluding hydrogens is 308 g/mol. The smallest absolute Gasteiger partial charge is 0.240 e.